The SMILES string of the molecule is Cc1cc(C)c(S(=O)(=O)N[C@@H](Cc2ccccc2)C(=O)Nc2cccc(C(F)(F)F)c2)c(C)c1. The summed E-state index contributed by atoms with van der Waals surface area (Å²) in [5, 5.41) is 2.42. The van der Waals surface area contributed by atoms with Crippen molar-refractivity contribution in [1.29, 1.82) is 0 Å². The Labute approximate surface area is 197 Å². The third kappa shape index (κ3) is 6.24. The largest absolute Gasteiger partial charge is 0.416 e. The minimum Gasteiger partial charge on any atom is -0.325 e. The molecular weight excluding hydrogens is 465 g/mol. The lowest BCUT2D eigenvalue weighted by Crippen LogP contribution is -2.45. The Bertz CT molecular complexity index is 1270. The van der Waals surface area contributed by atoms with Crippen LogP contribution >= 0.6 is 0 Å². The molecule has 0 aliphatic carbocycles. The van der Waals surface area contributed by atoms with Gasteiger partial charge in [-0.15, -0.1) is 0 Å². The fourth-order valence-electron chi connectivity index (χ4n) is 3.88. The molecule has 3 rings (SSSR count). The Morgan fingerprint density at radius 2 is 1.53 bits per heavy atom. The van der Waals surface area contributed by atoms with E-state index < -0.39 is 33.7 Å². The normalized spacial score (nSPS) is 12.9. The summed E-state index contributed by atoms with van der Waals surface area (Å²) in [7, 11) is -4.12. The lowest BCUT2D eigenvalue weighted by Gasteiger charge is -2.21. The molecule has 0 spiro atoms. The van der Waals surface area contributed by atoms with Crippen LogP contribution in [0.15, 0.2) is 71.6 Å². The number of nitrogens with one attached hydrogen (secondary N) is 2. The van der Waals surface area contributed by atoms with E-state index in [2.05, 4.69) is 10.0 Å². The zero-order valence-corrected chi connectivity index (χ0v) is 19.7. The summed E-state index contributed by atoms with van der Waals surface area (Å²) in [4.78, 5) is 13.2. The molecule has 0 heterocycles. The minimum absolute atomic E-state index is 0.00875. The Morgan fingerprint density at radius 1 is 0.912 bits per heavy atom. The van der Waals surface area contributed by atoms with Crippen molar-refractivity contribution >= 4 is 21.6 Å². The number of halogens is 3. The summed E-state index contributed by atoms with van der Waals surface area (Å²) in [5.41, 5.74) is 1.64. The molecule has 1 atom stereocenters. The highest BCUT2D eigenvalue weighted by Gasteiger charge is 2.31. The summed E-state index contributed by atoms with van der Waals surface area (Å²) in [5.74, 6) is -0.769. The Hall–Kier alpha value is -3.17. The van der Waals surface area contributed by atoms with Crippen LogP contribution in [0.2, 0.25) is 0 Å². The predicted octanol–water partition coefficient (Wildman–Crippen LogP) is 5.16. The molecule has 0 unspecified atom stereocenters. The van der Waals surface area contributed by atoms with E-state index in [0.717, 1.165) is 17.7 Å². The van der Waals surface area contributed by atoms with Gasteiger partial charge in [0, 0.05) is 5.69 Å². The molecule has 3 aromatic rings. The zero-order valence-electron chi connectivity index (χ0n) is 18.9. The molecule has 180 valence electrons. The van der Waals surface area contributed by atoms with Gasteiger partial charge in [0.15, 0.2) is 0 Å². The average Bonchev–Trinajstić information content (AvgIpc) is 2.72. The number of hydrogen-bond acceptors (Lipinski definition) is 3. The second-order valence-corrected chi connectivity index (χ2v) is 9.81. The topological polar surface area (TPSA) is 75.3 Å². The molecule has 34 heavy (non-hydrogen) atoms. The minimum atomic E-state index is -4.58. The zero-order chi connectivity index (χ0) is 25.1. The number of carbonyl (C=O) groups is 1. The average molecular weight is 491 g/mol. The van der Waals surface area contributed by atoms with Gasteiger partial charge in [-0.05, 0) is 62.1 Å². The summed E-state index contributed by atoms with van der Waals surface area (Å²) in [6, 6.07) is 15.1. The Morgan fingerprint density at radius 3 is 2.12 bits per heavy atom. The van der Waals surface area contributed by atoms with Gasteiger partial charge in [0.05, 0.1) is 10.5 Å². The van der Waals surface area contributed by atoms with Gasteiger partial charge in [0.25, 0.3) is 0 Å². The molecule has 0 aromatic heterocycles. The standard InChI is InChI=1S/C25H25F3N2O3S/c1-16-12-17(2)23(18(3)13-16)34(32,33)30-22(14-19-8-5-4-6-9-19)24(31)29-21-11-7-10-20(15-21)25(26,27)28/h4-13,15,22,30H,14H2,1-3H3,(H,29,31)/t22-/m0/s1. The second kappa shape index (κ2) is 9.99. The third-order valence-corrected chi connectivity index (χ3v) is 7.00. The van der Waals surface area contributed by atoms with Crippen molar-refractivity contribution in [3.8, 4) is 0 Å². The number of hydrogen-bond donors (Lipinski definition) is 2. The number of benzene rings is 3. The highest BCUT2D eigenvalue weighted by atomic mass is 32.2. The number of anilines is 1. The molecule has 0 radical (unpaired) electrons. The predicted molar refractivity (Wildman–Crippen MR) is 125 cm³/mol. The molecule has 1 amide bonds. The first-order valence-corrected chi connectivity index (χ1v) is 12.0. The van der Waals surface area contributed by atoms with Crippen molar-refractivity contribution in [2.75, 3.05) is 5.32 Å². The maximum atomic E-state index is 13.3. The van der Waals surface area contributed by atoms with Crippen LogP contribution in [0.25, 0.3) is 0 Å². The van der Waals surface area contributed by atoms with Gasteiger partial charge in [-0.3, -0.25) is 4.79 Å². The third-order valence-electron chi connectivity index (χ3n) is 5.23. The molecule has 5 nitrogen and oxygen atoms in total. The number of carbonyl (C=O) groups excluding carboxylic acids is 1. The van der Waals surface area contributed by atoms with Crippen molar-refractivity contribution in [3.63, 3.8) is 0 Å². The number of amides is 1. The Kier molecular flexibility index (Phi) is 7.48. The van der Waals surface area contributed by atoms with Crippen LogP contribution in [0.1, 0.15) is 27.8 Å². The molecule has 0 aliphatic heterocycles. The van der Waals surface area contributed by atoms with Crippen LogP contribution in [0, 0.1) is 20.8 Å². The quantitative estimate of drug-likeness (QED) is 0.481. The van der Waals surface area contributed by atoms with E-state index in [0.29, 0.717) is 16.7 Å². The van der Waals surface area contributed by atoms with Crippen LogP contribution in [0.4, 0.5) is 18.9 Å². The van der Waals surface area contributed by atoms with E-state index in [1.54, 1.807) is 56.3 Å². The van der Waals surface area contributed by atoms with Gasteiger partial charge < -0.3 is 5.32 Å². The fraction of sp³-hybridized carbons (Fsp3) is 0.240. The highest BCUT2D eigenvalue weighted by molar-refractivity contribution is 7.89. The lowest BCUT2D eigenvalue weighted by molar-refractivity contribution is -0.137. The molecule has 0 saturated heterocycles. The van der Waals surface area contributed by atoms with Gasteiger partial charge >= 0.3 is 6.18 Å². The molecule has 0 saturated carbocycles. The molecular formula is C25H25F3N2O3S. The smallest absolute Gasteiger partial charge is 0.325 e. The van der Waals surface area contributed by atoms with Crippen molar-refractivity contribution in [2.24, 2.45) is 0 Å². The molecule has 0 bridgehead atoms. The molecule has 9 heteroatoms. The second-order valence-electron chi connectivity index (χ2n) is 8.16. The van der Waals surface area contributed by atoms with Crippen LogP contribution in [-0.2, 0) is 27.4 Å². The maximum absolute atomic E-state index is 13.3. The van der Waals surface area contributed by atoms with Gasteiger partial charge in [0.2, 0.25) is 15.9 Å². The number of sulfonamides is 1. The van der Waals surface area contributed by atoms with E-state index in [1.165, 1.54) is 12.1 Å². The van der Waals surface area contributed by atoms with Crippen LogP contribution in [0.5, 0.6) is 0 Å². The van der Waals surface area contributed by atoms with Gasteiger partial charge in [-0.2, -0.15) is 17.9 Å². The first kappa shape index (κ1) is 25.5. The van der Waals surface area contributed by atoms with E-state index in [9.17, 15) is 26.4 Å². The first-order valence-electron chi connectivity index (χ1n) is 10.5. The number of aryl methyl sites for hydroxylation is 3. The molecule has 0 fully saturated rings. The molecule has 3 aromatic carbocycles. The van der Waals surface area contributed by atoms with E-state index in [1.807, 2.05) is 6.92 Å². The monoisotopic (exact) mass is 490 g/mol. The van der Waals surface area contributed by atoms with Crippen LogP contribution in [0.3, 0.4) is 0 Å². The van der Waals surface area contributed by atoms with Crippen molar-refractivity contribution in [3.05, 3.63) is 94.5 Å². The van der Waals surface area contributed by atoms with Gasteiger partial charge in [-0.25, -0.2) is 8.42 Å². The van der Waals surface area contributed by atoms with Crippen molar-refractivity contribution in [2.45, 2.75) is 44.3 Å². The first-order chi connectivity index (χ1) is 15.9. The van der Waals surface area contributed by atoms with Crippen LogP contribution < -0.4 is 10.0 Å². The summed E-state index contributed by atoms with van der Waals surface area (Å²) in [6.45, 7) is 5.19. The summed E-state index contributed by atoms with van der Waals surface area (Å²) < 4.78 is 68.2. The molecule has 0 aliphatic rings. The summed E-state index contributed by atoms with van der Waals surface area (Å²) in [6.07, 6.45) is -4.57. The fourth-order valence-corrected chi connectivity index (χ4v) is 5.53. The number of rotatable bonds is 7. The number of alkyl halides is 3. The molecule has 2 N–H and O–H groups in total. The van der Waals surface area contributed by atoms with Gasteiger partial charge in [-0.1, -0.05) is 54.1 Å². The Balaban J connectivity index is 1.94. The summed E-state index contributed by atoms with van der Waals surface area (Å²) >= 11 is 0. The van der Waals surface area contributed by atoms with E-state index >= 15 is 0 Å². The maximum Gasteiger partial charge on any atom is 0.416 e. The highest BCUT2D eigenvalue weighted by Crippen LogP contribution is 2.30. The van der Waals surface area contributed by atoms with Crippen LogP contribution in [-0.4, -0.2) is 20.4 Å². The van der Waals surface area contributed by atoms with E-state index in [4.69, 9.17) is 0 Å². The van der Waals surface area contributed by atoms with E-state index in [-0.39, 0.29) is 17.0 Å². The lowest BCUT2D eigenvalue weighted by atomic mass is 10.1. The van der Waals surface area contributed by atoms with Crippen molar-refractivity contribution in [1.82, 2.24) is 4.72 Å². The van der Waals surface area contributed by atoms with Gasteiger partial charge in [0.1, 0.15) is 6.04 Å². The van der Waals surface area contributed by atoms with Crippen molar-refractivity contribution < 1.29 is 26.4 Å².